The van der Waals surface area contributed by atoms with Crippen LogP contribution in [0.3, 0.4) is 0 Å². The molecule has 0 amide bonds. The van der Waals surface area contributed by atoms with Gasteiger partial charge in [0.05, 0.1) is 18.5 Å². The van der Waals surface area contributed by atoms with Gasteiger partial charge in [0.2, 0.25) is 10.0 Å². The van der Waals surface area contributed by atoms with Crippen molar-refractivity contribution in [3.8, 4) is 0 Å². The molecular weight excluding hydrogens is 190 g/mol. The average molecular weight is 205 g/mol. The lowest BCUT2D eigenvalue weighted by atomic mass is 9.82. The van der Waals surface area contributed by atoms with Crippen molar-refractivity contribution in [1.82, 2.24) is 0 Å². The molecule has 2 rings (SSSR count). The molecule has 2 bridgehead atoms. The van der Waals surface area contributed by atoms with Gasteiger partial charge < -0.3 is 4.74 Å². The van der Waals surface area contributed by atoms with Crippen LogP contribution in [0.5, 0.6) is 0 Å². The maximum absolute atomic E-state index is 10.9. The molecule has 4 nitrogen and oxygen atoms in total. The normalized spacial score (nSPS) is 39.3. The van der Waals surface area contributed by atoms with E-state index in [4.69, 9.17) is 9.88 Å². The molecule has 13 heavy (non-hydrogen) atoms. The number of nitrogens with two attached hydrogens (primary N) is 1. The number of primary sulfonamides is 1. The summed E-state index contributed by atoms with van der Waals surface area (Å²) in [6, 6.07) is 0. The fourth-order valence-corrected chi connectivity index (χ4v) is 3.45. The van der Waals surface area contributed by atoms with E-state index in [1.165, 1.54) is 0 Å². The van der Waals surface area contributed by atoms with Gasteiger partial charge in [0, 0.05) is 0 Å². The zero-order valence-corrected chi connectivity index (χ0v) is 8.29. The summed E-state index contributed by atoms with van der Waals surface area (Å²) in [4.78, 5) is 0. The van der Waals surface area contributed by atoms with Gasteiger partial charge in [-0.15, -0.1) is 0 Å². The Hall–Kier alpha value is -0.130. The standard InChI is InChI=1S/C8H15NO3S/c9-13(10,11)5-6-1-2-8-3-7(6)4-12-8/h6-8H,1-5H2,(H2,9,10,11). The lowest BCUT2D eigenvalue weighted by molar-refractivity contribution is 0.107. The molecule has 2 aliphatic rings. The molecule has 1 saturated carbocycles. The third-order valence-electron chi connectivity index (χ3n) is 3.08. The SMILES string of the molecule is NS(=O)(=O)CC1CCC2CC1CO2. The van der Waals surface area contributed by atoms with Crippen molar-refractivity contribution < 1.29 is 13.2 Å². The van der Waals surface area contributed by atoms with E-state index in [-0.39, 0.29) is 11.7 Å². The zero-order valence-electron chi connectivity index (χ0n) is 7.48. The second kappa shape index (κ2) is 3.22. The number of hydrogen-bond donors (Lipinski definition) is 1. The Kier molecular flexibility index (Phi) is 2.33. The van der Waals surface area contributed by atoms with Crippen molar-refractivity contribution in [2.75, 3.05) is 12.4 Å². The molecule has 1 aliphatic carbocycles. The van der Waals surface area contributed by atoms with Crippen LogP contribution in [0, 0.1) is 11.8 Å². The van der Waals surface area contributed by atoms with E-state index in [1.807, 2.05) is 0 Å². The van der Waals surface area contributed by atoms with E-state index in [2.05, 4.69) is 0 Å². The van der Waals surface area contributed by atoms with Crippen LogP contribution in [-0.2, 0) is 14.8 Å². The molecule has 0 aromatic heterocycles. The van der Waals surface area contributed by atoms with Crippen LogP contribution in [0.15, 0.2) is 0 Å². The van der Waals surface area contributed by atoms with Gasteiger partial charge in [-0.1, -0.05) is 0 Å². The Bertz CT molecular complexity index is 288. The van der Waals surface area contributed by atoms with E-state index in [0.717, 1.165) is 25.9 Å². The number of rotatable bonds is 2. The Morgan fingerprint density at radius 1 is 1.38 bits per heavy atom. The van der Waals surface area contributed by atoms with Crippen LogP contribution in [0.1, 0.15) is 19.3 Å². The first-order valence-electron chi connectivity index (χ1n) is 4.66. The summed E-state index contributed by atoms with van der Waals surface area (Å²) in [6.45, 7) is 0.727. The van der Waals surface area contributed by atoms with E-state index in [9.17, 15) is 8.42 Å². The molecule has 0 radical (unpaired) electrons. The number of ether oxygens (including phenoxy) is 1. The molecule has 5 heteroatoms. The Balaban J connectivity index is 2.00. The molecule has 0 spiro atoms. The molecule has 2 N–H and O–H groups in total. The minimum absolute atomic E-state index is 0.133. The van der Waals surface area contributed by atoms with Crippen LogP contribution in [-0.4, -0.2) is 26.9 Å². The summed E-state index contributed by atoms with van der Waals surface area (Å²) in [5.74, 6) is 0.791. The summed E-state index contributed by atoms with van der Waals surface area (Å²) < 4.78 is 27.3. The van der Waals surface area contributed by atoms with Crippen molar-refractivity contribution in [3.63, 3.8) is 0 Å². The van der Waals surface area contributed by atoms with Gasteiger partial charge in [-0.3, -0.25) is 0 Å². The topological polar surface area (TPSA) is 69.4 Å². The predicted octanol–water partition coefficient (Wildman–Crippen LogP) is 0.0900. The largest absolute Gasteiger partial charge is 0.378 e. The summed E-state index contributed by atoms with van der Waals surface area (Å²) in [7, 11) is -3.30. The predicted molar refractivity (Wildman–Crippen MR) is 48.5 cm³/mol. The molecule has 3 unspecified atom stereocenters. The van der Waals surface area contributed by atoms with Crippen molar-refractivity contribution in [3.05, 3.63) is 0 Å². The van der Waals surface area contributed by atoms with E-state index < -0.39 is 10.0 Å². The first kappa shape index (κ1) is 9.43. The first-order chi connectivity index (χ1) is 6.04. The van der Waals surface area contributed by atoms with E-state index in [0.29, 0.717) is 12.0 Å². The number of fused-ring (bicyclic) bond motifs is 2. The molecule has 0 aromatic carbocycles. The van der Waals surface area contributed by atoms with Gasteiger partial charge in [-0.2, -0.15) is 0 Å². The monoisotopic (exact) mass is 205 g/mol. The lowest BCUT2D eigenvalue weighted by Gasteiger charge is -2.25. The molecule has 76 valence electrons. The highest BCUT2D eigenvalue weighted by Crippen LogP contribution is 2.37. The fourth-order valence-electron chi connectivity index (χ4n) is 2.42. The van der Waals surface area contributed by atoms with Crippen LogP contribution in [0.2, 0.25) is 0 Å². The highest BCUT2D eigenvalue weighted by atomic mass is 32.2. The Labute approximate surface area is 78.5 Å². The maximum Gasteiger partial charge on any atom is 0.209 e. The van der Waals surface area contributed by atoms with E-state index >= 15 is 0 Å². The second-order valence-electron chi connectivity index (χ2n) is 4.12. The number of sulfonamides is 1. The molecule has 1 heterocycles. The summed E-state index contributed by atoms with van der Waals surface area (Å²) in [5.41, 5.74) is 0. The van der Waals surface area contributed by atoms with Crippen LogP contribution < -0.4 is 5.14 Å². The fraction of sp³-hybridized carbons (Fsp3) is 1.00. The third kappa shape index (κ3) is 2.21. The first-order valence-corrected chi connectivity index (χ1v) is 6.38. The molecule has 1 saturated heterocycles. The number of hydrogen-bond acceptors (Lipinski definition) is 3. The smallest absolute Gasteiger partial charge is 0.209 e. The van der Waals surface area contributed by atoms with Gasteiger partial charge in [0.15, 0.2) is 0 Å². The third-order valence-corrected chi connectivity index (χ3v) is 3.98. The van der Waals surface area contributed by atoms with Gasteiger partial charge in [-0.25, -0.2) is 13.6 Å². The van der Waals surface area contributed by atoms with Gasteiger partial charge >= 0.3 is 0 Å². The lowest BCUT2D eigenvalue weighted by Crippen LogP contribution is -2.30. The minimum Gasteiger partial charge on any atom is -0.378 e. The summed E-state index contributed by atoms with van der Waals surface area (Å²) >= 11 is 0. The quantitative estimate of drug-likeness (QED) is 0.694. The van der Waals surface area contributed by atoms with Gasteiger partial charge in [0.25, 0.3) is 0 Å². The minimum atomic E-state index is -3.30. The van der Waals surface area contributed by atoms with Crippen LogP contribution in [0.4, 0.5) is 0 Å². The summed E-state index contributed by atoms with van der Waals surface area (Å²) in [5, 5.41) is 5.03. The molecular formula is C8H15NO3S. The molecule has 1 aliphatic heterocycles. The molecule has 2 fully saturated rings. The van der Waals surface area contributed by atoms with Crippen molar-refractivity contribution >= 4 is 10.0 Å². The Morgan fingerprint density at radius 2 is 2.15 bits per heavy atom. The van der Waals surface area contributed by atoms with Gasteiger partial charge in [-0.05, 0) is 31.1 Å². The second-order valence-corrected chi connectivity index (χ2v) is 5.78. The van der Waals surface area contributed by atoms with Crippen molar-refractivity contribution in [2.45, 2.75) is 25.4 Å². The average Bonchev–Trinajstić information content (AvgIpc) is 2.37. The van der Waals surface area contributed by atoms with E-state index in [1.54, 1.807) is 0 Å². The van der Waals surface area contributed by atoms with Crippen molar-refractivity contribution in [2.24, 2.45) is 17.0 Å². The summed E-state index contributed by atoms with van der Waals surface area (Å²) in [6.07, 6.45) is 3.37. The van der Waals surface area contributed by atoms with Crippen molar-refractivity contribution in [1.29, 1.82) is 0 Å². The maximum atomic E-state index is 10.9. The molecule has 3 atom stereocenters. The highest BCUT2D eigenvalue weighted by molar-refractivity contribution is 7.89. The van der Waals surface area contributed by atoms with Crippen LogP contribution in [0.25, 0.3) is 0 Å². The Morgan fingerprint density at radius 3 is 2.85 bits per heavy atom. The molecule has 0 aromatic rings. The van der Waals surface area contributed by atoms with Crippen LogP contribution >= 0.6 is 0 Å². The highest BCUT2D eigenvalue weighted by Gasteiger charge is 2.37. The van der Waals surface area contributed by atoms with Gasteiger partial charge in [0.1, 0.15) is 0 Å². The zero-order chi connectivity index (χ0) is 9.47.